The quantitative estimate of drug-likeness (QED) is 0.800. The average molecular weight is 284 g/mol. The lowest BCUT2D eigenvalue weighted by Gasteiger charge is -2.29. The number of hydrogen-bond donors (Lipinski definition) is 1. The van der Waals surface area contributed by atoms with Gasteiger partial charge in [-0.2, -0.15) is 0 Å². The molecule has 0 saturated carbocycles. The van der Waals surface area contributed by atoms with Crippen molar-refractivity contribution in [2.45, 2.75) is 38.1 Å². The SMILES string of the molecule is C1=CCC(CNCC(c2ccccc2)N2CCCC2)CC1. The van der Waals surface area contributed by atoms with Crippen molar-refractivity contribution in [3.05, 3.63) is 48.0 Å². The first-order chi connectivity index (χ1) is 10.4. The Morgan fingerprint density at radius 3 is 2.62 bits per heavy atom. The number of allylic oxidation sites excluding steroid dienone is 2. The van der Waals surface area contributed by atoms with Gasteiger partial charge in [-0.25, -0.2) is 0 Å². The molecule has 1 aromatic carbocycles. The Morgan fingerprint density at radius 1 is 1.10 bits per heavy atom. The average Bonchev–Trinajstić information content (AvgIpc) is 3.07. The van der Waals surface area contributed by atoms with Crippen molar-refractivity contribution in [2.24, 2.45) is 5.92 Å². The molecule has 1 aliphatic carbocycles. The first kappa shape index (κ1) is 14.8. The standard InChI is InChI=1S/C19H28N2/c1-3-9-17(10-4-1)15-20-16-19(21-13-7-8-14-21)18-11-5-2-6-12-18/h1-3,5-6,11-12,17,19-20H,4,7-10,13-16H2. The zero-order valence-corrected chi connectivity index (χ0v) is 13.0. The Labute approximate surface area is 129 Å². The van der Waals surface area contributed by atoms with E-state index in [1.165, 1.54) is 57.3 Å². The van der Waals surface area contributed by atoms with Gasteiger partial charge in [-0.3, -0.25) is 4.90 Å². The molecule has 2 aliphatic rings. The molecule has 2 heteroatoms. The fraction of sp³-hybridized carbons (Fsp3) is 0.579. The molecule has 1 saturated heterocycles. The summed E-state index contributed by atoms with van der Waals surface area (Å²) >= 11 is 0. The van der Waals surface area contributed by atoms with E-state index in [9.17, 15) is 0 Å². The highest BCUT2D eigenvalue weighted by atomic mass is 15.2. The summed E-state index contributed by atoms with van der Waals surface area (Å²) in [6, 6.07) is 11.6. The Balaban J connectivity index is 1.56. The molecule has 1 heterocycles. The van der Waals surface area contributed by atoms with Gasteiger partial charge in [0.2, 0.25) is 0 Å². The van der Waals surface area contributed by atoms with Gasteiger partial charge >= 0.3 is 0 Å². The maximum Gasteiger partial charge on any atom is 0.0472 e. The molecule has 114 valence electrons. The first-order valence-electron chi connectivity index (χ1n) is 8.58. The lowest BCUT2D eigenvalue weighted by molar-refractivity contribution is 0.235. The molecule has 2 atom stereocenters. The summed E-state index contributed by atoms with van der Waals surface area (Å²) < 4.78 is 0. The van der Waals surface area contributed by atoms with E-state index in [4.69, 9.17) is 0 Å². The van der Waals surface area contributed by atoms with Gasteiger partial charge in [0.1, 0.15) is 0 Å². The van der Waals surface area contributed by atoms with Crippen LogP contribution in [0.25, 0.3) is 0 Å². The van der Waals surface area contributed by atoms with Crippen molar-refractivity contribution >= 4 is 0 Å². The molecule has 1 aliphatic heterocycles. The van der Waals surface area contributed by atoms with Gasteiger partial charge in [0.15, 0.2) is 0 Å². The van der Waals surface area contributed by atoms with E-state index in [1.807, 2.05) is 0 Å². The largest absolute Gasteiger partial charge is 0.315 e. The van der Waals surface area contributed by atoms with Gasteiger partial charge in [-0.1, -0.05) is 42.5 Å². The van der Waals surface area contributed by atoms with Crippen LogP contribution in [0, 0.1) is 5.92 Å². The van der Waals surface area contributed by atoms with E-state index < -0.39 is 0 Å². The van der Waals surface area contributed by atoms with Gasteiger partial charge in [-0.15, -0.1) is 0 Å². The van der Waals surface area contributed by atoms with Gasteiger partial charge in [-0.05, 0) is 63.2 Å². The van der Waals surface area contributed by atoms with E-state index in [-0.39, 0.29) is 0 Å². The van der Waals surface area contributed by atoms with Crippen LogP contribution in [0.3, 0.4) is 0 Å². The number of nitrogens with one attached hydrogen (secondary N) is 1. The summed E-state index contributed by atoms with van der Waals surface area (Å²) in [5, 5.41) is 3.76. The Morgan fingerprint density at radius 2 is 1.90 bits per heavy atom. The van der Waals surface area contributed by atoms with Crippen molar-refractivity contribution in [3.63, 3.8) is 0 Å². The topological polar surface area (TPSA) is 15.3 Å². The fourth-order valence-electron chi connectivity index (χ4n) is 3.65. The third-order valence-electron chi connectivity index (χ3n) is 4.91. The molecular formula is C19H28N2. The second-order valence-electron chi connectivity index (χ2n) is 6.48. The van der Waals surface area contributed by atoms with Crippen LogP contribution in [0.4, 0.5) is 0 Å². The third-order valence-corrected chi connectivity index (χ3v) is 4.91. The van der Waals surface area contributed by atoms with Crippen LogP contribution in [0.2, 0.25) is 0 Å². The van der Waals surface area contributed by atoms with E-state index in [0.29, 0.717) is 6.04 Å². The Bertz CT molecular complexity index is 434. The summed E-state index contributed by atoms with van der Waals surface area (Å²) in [5.41, 5.74) is 1.47. The predicted octanol–water partition coefficient (Wildman–Crippen LogP) is 3.77. The third kappa shape index (κ3) is 4.18. The normalized spacial score (nSPS) is 24.3. The van der Waals surface area contributed by atoms with Crippen LogP contribution in [-0.4, -0.2) is 31.1 Å². The second-order valence-corrected chi connectivity index (χ2v) is 6.48. The van der Waals surface area contributed by atoms with Crippen LogP contribution in [0.15, 0.2) is 42.5 Å². The number of nitrogens with zero attached hydrogens (tertiary/aromatic N) is 1. The number of benzene rings is 1. The highest BCUT2D eigenvalue weighted by Crippen LogP contribution is 2.25. The lowest BCUT2D eigenvalue weighted by Crippen LogP contribution is -2.36. The van der Waals surface area contributed by atoms with Crippen LogP contribution < -0.4 is 5.32 Å². The van der Waals surface area contributed by atoms with Crippen molar-refractivity contribution in [2.75, 3.05) is 26.2 Å². The van der Waals surface area contributed by atoms with Crippen LogP contribution in [0.1, 0.15) is 43.7 Å². The number of hydrogen-bond acceptors (Lipinski definition) is 2. The van der Waals surface area contributed by atoms with Crippen molar-refractivity contribution in [3.8, 4) is 0 Å². The van der Waals surface area contributed by atoms with Crippen LogP contribution >= 0.6 is 0 Å². The molecule has 2 nitrogen and oxygen atoms in total. The van der Waals surface area contributed by atoms with Gasteiger partial charge in [0, 0.05) is 12.6 Å². The van der Waals surface area contributed by atoms with Gasteiger partial charge in [0.25, 0.3) is 0 Å². The van der Waals surface area contributed by atoms with E-state index in [0.717, 1.165) is 12.5 Å². The van der Waals surface area contributed by atoms with Gasteiger partial charge in [0.05, 0.1) is 0 Å². The minimum atomic E-state index is 0.549. The highest BCUT2D eigenvalue weighted by molar-refractivity contribution is 5.19. The lowest BCUT2D eigenvalue weighted by atomic mass is 9.94. The van der Waals surface area contributed by atoms with Crippen LogP contribution in [-0.2, 0) is 0 Å². The Kier molecular flexibility index (Phi) is 5.47. The monoisotopic (exact) mass is 284 g/mol. The van der Waals surface area contributed by atoms with Crippen molar-refractivity contribution < 1.29 is 0 Å². The molecule has 21 heavy (non-hydrogen) atoms. The Hall–Kier alpha value is -1.12. The van der Waals surface area contributed by atoms with E-state index in [1.54, 1.807) is 0 Å². The summed E-state index contributed by atoms with van der Waals surface area (Å²) in [6.07, 6.45) is 11.3. The molecule has 1 N–H and O–H groups in total. The smallest absolute Gasteiger partial charge is 0.0472 e. The minimum absolute atomic E-state index is 0.549. The maximum atomic E-state index is 3.76. The molecule has 1 fully saturated rings. The molecule has 0 spiro atoms. The highest BCUT2D eigenvalue weighted by Gasteiger charge is 2.23. The first-order valence-corrected chi connectivity index (χ1v) is 8.58. The van der Waals surface area contributed by atoms with Crippen LogP contribution in [0.5, 0.6) is 0 Å². The molecule has 2 unspecified atom stereocenters. The number of likely N-dealkylation sites (tertiary alicyclic amines) is 1. The molecule has 3 rings (SSSR count). The maximum absolute atomic E-state index is 3.76. The summed E-state index contributed by atoms with van der Waals surface area (Å²) in [4.78, 5) is 2.66. The zero-order valence-electron chi connectivity index (χ0n) is 13.0. The fourth-order valence-corrected chi connectivity index (χ4v) is 3.65. The predicted molar refractivity (Wildman–Crippen MR) is 89.3 cm³/mol. The molecule has 1 aromatic rings. The van der Waals surface area contributed by atoms with Crippen molar-refractivity contribution in [1.29, 1.82) is 0 Å². The van der Waals surface area contributed by atoms with E-state index >= 15 is 0 Å². The van der Waals surface area contributed by atoms with Crippen molar-refractivity contribution in [1.82, 2.24) is 10.2 Å². The zero-order chi connectivity index (χ0) is 14.3. The molecule has 0 radical (unpaired) electrons. The summed E-state index contributed by atoms with van der Waals surface area (Å²) in [6.45, 7) is 4.77. The summed E-state index contributed by atoms with van der Waals surface area (Å²) in [7, 11) is 0. The molecule has 0 aromatic heterocycles. The van der Waals surface area contributed by atoms with E-state index in [2.05, 4.69) is 52.7 Å². The summed E-state index contributed by atoms with van der Waals surface area (Å²) in [5.74, 6) is 0.838. The minimum Gasteiger partial charge on any atom is -0.315 e. The number of rotatable bonds is 6. The molecule has 0 amide bonds. The second kappa shape index (κ2) is 7.77. The van der Waals surface area contributed by atoms with Gasteiger partial charge < -0.3 is 5.32 Å². The molecule has 0 bridgehead atoms. The molecular weight excluding hydrogens is 256 g/mol.